The first-order chi connectivity index (χ1) is 9.78. The van der Waals surface area contributed by atoms with E-state index in [-0.39, 0.29) is 23.9 Å². The third-order valence-electron chi connectivity index (χ3n) is 4.41. The number of benzene rings is 1. The Bertz CT molecular complexity index is 549. The lowest BCUT2D eigenvalue weighted by molar-refractivity contribution is -0.124. The predicted octanol–water partition coefficient (Wildman–Crippen LogP) is 1.51. The Labute approximate surface area is 119 Å². The lowest BCUT2D eigenvalue weighted by Gasteiger charge is -2.27. The maximum Gasteiger partial charge on any atom is 0.237 e. The van der Waals surface area contributed by atoms with Gasteiger partial charge in [-0.15, -0.1) is 0 Å². The molecule has 1 fully saturated rings. The number of fused-ring (bicyclic) bond motifs is 1. The number of nitrogens with zero attached hydrogens (tertiary/aromatic N) is 1. The Morgan fingerprint density at radius 2 is 2.10 bits per heavy atom. The summed E-state index contributed by atoms with van der Waals surface area (Å²) in [6.45, 7) is 0.737. The minimum Gasteiger partial charge on any atom is -0.351 e. The molecular weight excluding hydrogens is 250 g/mol. The Morgan fingerprint density at radius 3 is 2.90 bits per heavy atom. The second kappa shape index (κ2) is 5.64. The average molecular weight is 269 g/mol. The SMILES string of the molecule is N#CC1CCCC1NC(=O)[C@@H]1Cc2ccccc2CN1. The van der Waals surface area contributed by atoms with Gasteiger partial charge in [0.1, 0.15) is 0 Å². The van der Waals surface area contributed by atoms with E-state index in [0.717, 1.165) is 32.2 Å². The molecule has 104 valence electrons. The number of hydrogen-bond acceptors (Lipinski definition) is 3. The molecule has 1 heterocycles. The molecule has 3 rings (SSSR count). The van der Waals surface area contributed by atoms with Gasteiger partial charge in [0, 0.05) is 12.6 Å². The molecule has 0 radical (unpaired) electrons. The third-order valence-corrected chi connectivity index (χ3v) is 4.41. The summed E-state index contributed by atoms with van der Waals surface area (Å²) in [7, 11) is 0. The highest BCUT2D eigenvalue weighted by Crippen LogP contribution is 2.25. The van der Waals surface area contributed by atoms with E-state index in [9.17, 15) is 4.79 Å². The zero-order valence-corrected chi connectivity index (χ0v) is 11.4. The zero-order valence-electron chi connectivity index (χ0n) is 11.4. The van der Waals surface area contributed by atoms with Gasteiger partial charge in [-0.25, -0.2) is 0 Å². The van der Waals surface area contributed by atoms with Crippen LogP contribution in [0.2, 0.25) is 0 Å². The maximum absolute atomic E-state index is 12.3. The molecule has 0 saturated heterocycles. The van der Waals surface area contributed by atoms with Crippen molar-refractivity contribution in [2.45, 2.75) is 44.3 Å². The number of carbonyl (C=O) groups excluding carboxylic acids is 1. The molecule has 0 aromatic heterocycles. The normalized spacial score (nSPS) is 28.4. The zero-order chi connectivity index (χ0) is 13.9. The molecule has 1 saturated carbocycles. The van der Waals surface area contributed by atoms with Crippen LogP contribution < -0.4 is 10.6 Å². The highest BCUT2D eigenvalue weighted by Gasteiger charge is 2.31. The molecule has 0 spiro atoms. The number of nitriles is 1. The van der Waals surface area contributed by atoms with E-state index in [1.54, 1.807) is 0 Å². The van der Waals surface area contributed by atoms with Crippen LogP contribution in [0.5, 0.6) is 0 Å². The first-order valence-electron chi connectivity index (χ1n) is 7.28. The Morgan fingerprint density at radius 1 is 1.30 bits per heavy atom. The largest absolute Gasteiger partial charge is 0.351 e. The van der Waals surface area contributed by atoms with Gasteiger partial charge < -0.3 is 10.6 Å². The number of carbonyl (C=O) groups is 1. The van der Waals surface area contributed by atoms with Gasteiger partial charge in [0.15, 0.2) is 0 Å². The van der Waals surface area contributed by atoms with Crippen LogP contribution in [0, 0.1) is 17.2 Å². The van der Waals surface area contributed by atoms with Gasteiger partial charge in [-0.3, -0.25) is 4.79 Å². The molecule has 1 aromatic carbocycles. The van der Waals surface area contributed by atoms with Crippen LogP contribution in [0.1, 0.15) is 30.4 Å². The van der Waals surface area contributed by atoms with Gasteiger partial charge in [0.05, 0.1) is 18.0 Å². The Hall–Kier alpha value is -1.86. The lowest BCUT2D eigenvalue weighted by Crippen LogP contribution is -2.51. The van der Waals surface area contributed by atoms with Crippen LogP contribution in [-0.2, 0) is 17.8 Å². The van der Waals surface area contributed by atoms with Crippen molar-refractivity contribution in [3.05, 3.63) is 35.4 Å². The number of rotatable bonds is 2. The minimum atomic E-state index is -0.176. The molecule has 1 amide bonds. The fourth-order valence-electron chi connectivity index (χ4n) is 3.21. The van der Waals surface area contributed by atoms with Crippen molar-refractivity contribution in [3.8, 4) is 6.07 Å². The molecule has 2 aliphatic rings. The fourth-order valence-corrected chi connectivity index (χ4v) is 3.21. The molecule has 3 atom stereocenters. The van der Waals surface area contributed by atoms with Crippen LogP contribution in [-0.4, -0.2) is 18.0 Å². The summed E-state index contributed by atoms with van der Waals surface area (Å²) in [5.74, 6) is 0.0153. The molecule has 4 heteroatoms. The van der Waals surface area contributed by atoms with Gasteiger partial charge in [0.2, 0.25) is 5.91 Å². The first-order valence-corrected chi connectivity index (χ1v) is 7.28. The average Bonchev–Trinajstić information content (AvgIpc) is 2.94. The van der Waals surface area contributed by atoms with E-state index in [1.165, 1.54) is 11.1 Å². The van der Waals surface area contributed by atoms with E-state index in [1.807, 2.05) is 12.1 Å². The van der Waals surface area contributed by atoms with Crippen LogP contribution in [0.4, 0.5) is 0 Å². The van der Waals surface area contributed by atoms with Crippen molar-refractivity contribution in [1.82, 2.24) is 10.6 Å². The minimum absolute atomic E-state index is 0.0187. The van der Waals surface area contributed by atoms with Gasteiger partial charge in [-0.1, -0.05) is 24.3 Å². The number of nitrogens with one attached hydrogen (secondary N) is 2. The number of amides is 1. The Kier molecular flexibility index (Phi) is 3.70. The molecule has 2 unspecified atom stereocenters. The highest BCUT2D eigenvalue weighted by molar-refractivity contribution is 5.82. The Balaban J connectivity index is 1.63. The molecule has 1 aliphatic heterocycles. The molecule has 1 aliphatic carbocycles. The van der Waals surface area contributed by atoms with Crippen molar-refractivity contribution in [2.24, 2.45) is 5.92 Å². The third kappa shape index (κ3) is 2.54. The van der Waals surface area contributed by atoms with Crippen LogP contribution in [0.25, 0.3) is 0 Å². The van der Waals surface area contributed by atoms with Crippen molar-refractivity contribution in [2.75, 3.05) is 0 Å². The van der Waals surface area contributed by atoms with Gasteiger partial charge in [0.25, 0.3) is 0 Å². The summed E-state index contributed by atoms with van der Waals surface area (Å²) in [5, 5.41) is 15.4. The van der Waals surface area contributed by atoms with Gasteiger partial charge >= 0.3 is 0 Å². The molecule has 1 aromatic rings. The van der Waals surface area contributed by atoms with Crippen molar-refractivity contribution in [3.63, 3.8) is 0 Å². The van der Waals surface area contributed by atoms with Crippen molar-refractivity contribution < 1.29 is 4.79 Å². The van der Waals surface area contributed by atoms with E-state index in [2.05, 4.69) is 28.8 Å². The molecule has 2 N–H and O–H groups in total. The summed E-state index contributed by atoms with van der Waals surface area (Å²) in [6.07, 6.45) is 3.59. The molecular formula is C16H19N3O. The smallest absolute Gasteiger partial charge is 0.237 e. The quantitative estimate of drug-likeness (QED) is 0.855. The summed E-state index contributed by atoms with van der Waals surface area (Å²) >= 11 is 0. The lowest BCUT2D eigenvalue weighted by atomic mass is 9.95. The van der Waals surface area contributed by atoms with Crippen LogP contribution >= 0.6 is 0 Å². The standard InChI is InChI=1S/C16H19N3O/c17-9-12-6-3-7-14(12)19-16(20)15-8-11-4-1-2-5-13(11)10-18-15/h1-2,4-5,12,14-15,18H,3,6-8,10H2,(H,19,20)/t12?,14?,15-/m0/s1. The van der Waals surface area contributed by atoms with E-state index >= 15 is 0 Å². The van der Waals surface area contributed by atoms with Crippen molar-refractivity contribution in [1.29, 1.82) is 5.26 Å². The highest BCUT2D eigenvalue weighted by atomic mass is 16.2. The summed E-state index contributed by atoms with van der Waals surface area (Å²) < 4.78 is 0. The second-order valence-corrected chi connectivity index (χ2v) is 5.69. The maximum atomic E-state index is 12.3. The summed E-state index contributed by atoms with van der Waals surface area (Å²) in [4.78, 5) is 12.3. The topological polar surface area (TPSA) is 64.9 Å². The van der Waals surface area contributed by atoms with Crippen LogP contribution in [0.15, 0.2) is 24.3 Å². The first kappa shape index (κ1) is 13.1. The monoisotopic (exact) mass is 269 g/mol. The number of hydrogen-bond donors (Lipinski definition) is 2. The summed E-state index contributed by atoms with van der Waals surface area (Å²) in [6, 6.07) is 10.4. The van der Waals surface area contributed by atoms with Crippen LogP contribution in [0.3, 0.4) is 0 Å². The molecule has 4 nitrogen and oxygen atoms in total. The fraction of sp³-hybridized carbons (Fsp3) is 0.500. The van der Waals surface area contributed by atoms with E-state index < -0.39 is 0 Å². The van der Waals surface area contributed by atoms with Crippen molar-refractivity contribution >= 4 is 5.91 Å². The van der Waals surface area contributed by atoms with Gasteiger partial charge in [-0.05, 0) is 36.8 Å². The van der Waals surface area contributed by atoms with E-state index in [0.29, 0.717) is 0 Å². The second-order valence-electron chi connectivity index (χ2n) is 5.69. The molecule has 20 heavy (non-hydrogen) atoms. The predicted molar refractivity (Wildman–Crippen MR) is 75.7 cm³/mol. The molecule has 0 bridgehead atoms. The van der Waals surface area contributed by atoms with Gasteiger partial charge in [-0.2, -0.15) is 5.26 Å². The summed E-state index contributed by atoms with van der Waals surface area (Å²) in [5.41, 5.74) is 2.52. The van der Waals surface area contributed by atoms with E-state index in [4.69, 9.17) is 5.26 Å².